The molecule has 1 aliphatic heterocycles. The second-order valence-electron chi connectivity index (χ2n) is 7.43. The number of aromatic carboxylic acids is 1. The van der Waals surface area contributed by atoms with Crippen LogP contribution in [0, 0.1) is 0 Å². The Kier molecular flexibility index (Phi) is 6.17. The molecule has 3 aromatic rings. The largest absolute Gasteiger partial charge is 0.481 e. The van der Waals surface area contributed by atoms with Crippen molar-refractivity contribution in [3.63, 3.8) is 0 Å². The van der Waals surface area contributed by atoms with Crippen LogP contribution >= 0.6 is 0 Å². The van der Waals surface area contributed by atoms with Crippen molar-refractivity contribution in [2.24, 2.45) is 0 Å². The Hall–Kier alpha value is -4.46. The topological polar surface area (TPSA) is 109 Å². The van der Waals surface area contributed by atoms with Crippen LogP contribution in [0.4, 0.5) is 0 Å². The van der Waals surface area contributed by atoms with Crippen LogP contribution in [0.1, 0.15) is 47.8 Å². The zero-order valence-corrected chi connectivity index (χ0v) is 17.8. The van der Waals surface area contributed by atoms with E-state index in [1.54, 1.807) is 36.7 Å². The predicted octanol–water partition coefficient (Wildman–Crippen LogP) is 3.35. The molecule has 166 valence electrons. The smallest absolute Gasteiger partial charge is 0.335 e. The van der Waals surface area contributed by atoms with Crippen molar-refractivity contribution in [1.29, 1.82) is 0 Å². The molecule has 2 heterocycles. The van der Waals surface area contributed by atoms with Crippen LogP contribution in [-0.2, 0) is 13.1 Å². The predicted molar refractivity (Wildman–Crippen MR) is 121 cm³/mol. The van der Waals surface area contributed by atoms with Gasteiger partial charge in [-0.15, -0.1) is 0 Å². The molecule has 4 rings (SSSR count). The molecule has 0 saturated carbocycles. The molecule has 0 fully saturated rings. The van der Waals surface area contributed by atoms with E-state index in [1.165, 1.54) is 36.3 Å². The summed E-state index contributed by atoms with van der Waals surface area (Å²) in [5.41, 5.74) is 3.62. The molecule has 0 spiro atoms. The molecule has 8 heteroatoms. The molecule has 2 aromatic carbocycles. The summed E-state index contributed by atoms with van der Waals surface area (Å²) < 4.78 is 5.10. The SMILES string of the molecule is COc1cc(CNC(=O)c2ccc3c(c2)CN(C(=O)c2ccc(C(=O)O)cc2)C=C3)ccn1. The first-order valence-electron chi connectivity index (χ1n) is 10.2. The van der Waals surface area contributed by atoms with Gasteiger partial charge in [-0.1, -0.05) is 6.07 Å². The van der Waals surface area contributed by atoms with Crippen molar-refractivity contribution < 1.29 is 24.2 Å². The number of hydrogen-bond donors (Lipinski definition) is 2. The van der Waals surface area contributed by atoms with E-state index < -0.39 is 5.97 Å². The fourth-order valence-electron chi connectivity index (χ4n) is 3.47. The van der Waals surface area contributed by atoms with Gasteiger partial charge in [0.05, 0.1) is 19.2 Å². The molecule has 2 amide bonds. The lowest BCUT2D eigenvalue weighted by Crippen LogP contribution is -2.28. The maximum Gasteiger partial charge on any atom is 0.335 e. The molecule has 0 bridgehead atoms. The summed E-state index contributed by atoms with van der Waals surface area (Å²) in [5.74, 6) is -1.06. The van der Waals surface area contributed by atoms with Gasteiger partial charge in [0.2, 0.25) is 5.88 Å². The van der Waals surface area contributed by atoms with Crippen molar-refractivity contribution in [1.82, 2.24) is 15.2 Å². The summed E-state index contributed by atoms with van der Waals surface area (Å²) >= 11 is 0. The third-order valence-corrected chi connectivity index (χ3v) is 5.28. The average molecular weight is 443 g/mol. The minimum Gasteiger partial charge on any atom is -0.481 e. The lowest BCUT2D eigenvalue weighted by atomic mass is 10.00. The van der Waals surface area contributed by atoms with Gasteiger partial charge in [-0.25, -0.2) is 9.78 Å². The Balaban J connectivity index is 1.44. The van der Waals surface area contributed by atoms with Gasteiger partial charge >= 0.3 is 5.97 Å². The van der Waals surface area contributed by atoms with Crippen molar-refractivity contribution in [3.05, 3.63) is 100 Å². The number of aromatic nitrogens is 1. The maximum atomic E-state index is 12.9. The number of benzene rings is 2. The van der Waals surface area contributed by atoms with Gasteiger partial charge in [0.25, 0.3) is 11.8 Å². The number of pyridine rings is 1. The van der Waals surface area contributed by atoms with E-state index in [-0.39, 0.29) is 17.4 Å². The van der Waals surface area contributed by atoms with Crippen molar-refractivity contribution in [3.8, 4) is 5.88 Å². The number of methoxy groups -OCH3 is 1. The monoisotopic (exact) mass is 443 g/mol. The Morgan fingerprint density at radius 1 is 1.03 bits per heavy atom. The van der Waals surface area contributed by atoms with Crippen molar-refractivity contribution in [2.75, 3.05) is 7.11 Å². The third-order valence-electron chi connectivity index (χ3n) is 5.28. The van der Waals surface area contributed by atoms with Crippen molar-refractivity contribution in [2.45, 2.75) is 13.1 Å². The highest BCUT2D eigenvalue weighted by molar-refractivity contribution is 5.97. The summed E-state index contributed by atoms with van der Waals surface area (Å²) in [6.45, 7) is 0.625. The number of nitrogens with zero attached hydrogens (tertiary/aromatic N) is 2. The van der Waals surface area contributed by atoms with Crippen LogP contribution < -0.4 is 10.1 Å². The molecular formula is C25H21N3O5. The van der Waals surface area contributed by atoms with E-state index in [4.69, 9.17) is 9.84 Å². The third kappa shape index (κ3) is 4.90. The average Bonchev–Trinajstić information content (AvgIpc) is 2.86. The number of nitrogens with one attached hydrogen (secondary N) is 1. The fourth-order valence-corrected chi connectivity index (χ4v) is 3.47. The van der Waals surface area contributed by atoms with Gasteiger partial charge in [0.1, 0.15) is 0 Å². The normalized spacial score (nSPS) is 12.1. The van der Waals surface area contributed by atoms with Gasteiger partial charge in [-0.3, -0.25) is 9.59 Å². The van der Waals surface area contributed by atoms with Crippen LogP contribution in [0.25, 0.3) is 6.08 Å². The first kappa shape index (κ1) is 21.8. The zero-order valence-electron chi connectivity index (χ0n) is 17.8. The first-order chi connectivity index (χ1) is 15.9. The summed E-state index contributed by atoms with van der Waals surface area (Å²) in [7, 11) is 1.53. The summed E-state index contributed by atoms with van der Waals surface area (Å²) in [5, 5.41) is 11.9. The molecule has 33 heavy (non-hydrogen) atoms. The lowest BCUT2D eigenvalue weighted by molar-refractivity contribution is 0.0695. The Labute approximate surface area is 190 Å². The second kappa shape index (κ2) is 9.35. The number of amides is 2. The molecule has 0 saturated heterocycles. The molecule has 0 unspecified atom stereocenters. The van der Waals surface area contributed by atoms with Crippen LogP contribution in [0.3, 0.4) is 0 Å². The number of carboxylic acid groups (broad SMARTS) is 1. The number of rotatable bonds is 6. The summed E-state index contributed by atoms with van der Waals surface area (Å²) in [6.07, 6.45) is 5.12. The Morgan fingerprint density at radius 3 is 2.48 bits per heavy atom. The Morgan fingerprint density at radius 2 is 1.76 bits per heavy atom. The van der Waals surface area contributed by atoms with E-state index in [2.05, 4.69) is 10.3 Å². The van der Waals surface area contributed by atoms with E-state index in [1.807, 2.05) is 12.1 Å². The number of carbonyl (C=O) groups excluding carboxylic acids is 2. The molecule has 8 nitrogen and oxygen atoms in total. The molecule has 1 aromatic heterocycles. The maximum absolute atomic E-state index is 12.9. The van der Waals surface area contributed by atoms with Gasteiger partial charge in [0.15, 0.2) is 0 Å². The molecular weight excluding hydrogens is 422 g/mol. The summed E-state index contributed by atoms with van der Waals surface area (Å²) in [6, 6.07) is 14.7. The highest BCUT2D eigenvalue weighted by Crippen LogP contribution is 2.23. The quantitative estimate of drug-likeness (QED) is 0.605. The van der Waals surface area contributed by atoms with E-state index in [0.717, 1.165) is 16.7 Å². The van der Waals surface area contributed by atoms with E-state index in [0.29, 0.717) is 30.1 Å². The molecule has 0 atom stereocenters. The number of carboxylic acids is 1. The van der Waals surface area contributed by atoms with E-state index >= 15 is 0 Å². The lowest BCUT2D eigenvalue weighted by Gasteiger charge is -2.24. The Bertz CT molecular complexity index is 1250. The van der Waals surface area contributed by atoms with Crippen LogP contribution in [-0.4, -0.2) is 39.9 Å². The number of hydrogen-bond acceptors (Lipinski definition) is 5. The van der Waals surface area contributed by atoms with E-state index in [9.17, 15) is 14.4 Å². The number of ether oxygens (including phenoxy) is 1. The minimum absolute atomic E-state index is 0.118. The van der Waals surface area contributed by atoms with Gasteiger partial charge in [-0.2, -0.15) is 0 Å². The first-order valence-corrected chi connectivity index (χ1v) is 10.2. The van der Waals surface area contributed by atoms with Crippen LogP contribution in [0.2, 0.25) is 0 Å². The zero-order chi connectivity index (χ0) is 23.4. The van der Waals surface area contributed by atoms with Gasteiger partial charge < -0.3 is 20.1 Å². The van der Waals surface area contributed by atoms with Crippen LogP contribution in [0.5, 0.6) is 5.88 Å². The second-order valence-corrected chi connectivity index (χ2v) is 7.43. The standard InChI is InChI=1S/C25H21N3O5/c1-33-22-12-16(8-10-26-22)14-27-23(29)20-7-2-17-9-11-28(15-21(17)13-20)24(30)18-3-5-19(6-4-18)25(31)32/h2-13H,14-15H2,1H3,(H,27,29)(H,31,32). The van der Waals surface area contributed by atoms with Crippen LogP contribution in [0.15, 0.2) is 67.0 Å². The molecule has 1 aliphatic rings. The molecule has 2 N–H and O–H groups in total. The molecule has 0 radical (unpaired) electrons. The number of carbonyl (C=O) groups is 3. The highest BCUT2D eigenvalue weighted by atomic mass is 16.5. The van der Waals surface area contributed by atoms with Gasteiger partial charge in [0, 0.05) is 36.1 Å². The van der Waals surface area contributed by atoms with Gasteiger partial charge in [-0.05, 0) is 65.2 Å². The number of fused-ring (bicyclic) bond motifs is 1. The van der Waals surface area contributed by atoms with Crippen molar-refractivity contribution >= 4 is 23.9 Å². The summed E-state index contributed by atoms with van der Waals surface area (Å²) in [4.78, 5) is 42.1. The fraction of sp³-hybridized carbons (Fsp3) is 0.120. The minimum atomic E-state index is -1.05. The molecule has 0 aliphatic carbocycles. The highest BCUT2D eigenvalue weighted by Gasteiger charge is 2.20.